The highest BCUT2D eigenvalue weighted by Gasteiger charge is 2.11. The summed E-state index contributed by atoms with van der Waals surface area (Å²) in [6.45, 7) is 3.38. The lowest BCUT2D eigenvalue weighted by molar-refractivity contribution is 0.212. The van der Waals surface area contributed by atoms with Crippen LogP contribution in [-0.4, -0.2) is 53.7 Å². The lowest BCUT2D eigenvalue weighted by Gasteiger charge is -2.27. The van der Waals surface area contributed by atoms with Crippen LogP contribution < -0.4 is 15.2 Å². The average Bonchev–Trinajstić information content (AvgIpc) is 2.72. The number of guanidine groups is 1. The number of pyridine rings is 1. The van der Waals surface area contributed by atoms with Crippen molar-refractivity contribution in [3.63, 3.8) is 0 Å². The van der Waals surface area contributed by atoms with E-state index in [1.54, 1.807) is 6.20 Å². The third-order valence-corrected chi connectivity index (χ3v) is 4.84. The number of rotatable bonds is 7. The van der Waals surface area contributed by atoms with Gasteiger partial charge in [0, 0.05) is 36.9 Å². The minimum absolute atomic E-state index is 0.444. The van der Waals surface area contributed by atoms with Crippen molar-refractivity contribution in [2.45, 2.75) is 6.54 Å². The van der Waals surface area contributed by atoms with Gasteiger partial charge in [-0.1, -0.05) is 24.3 Å². The summed E-state index contributed by atoms with van der Waals surface area (Å²) in [6.07, 6.45) is 1.77. The van der Waals surface area contributed by atoms with E-state index >= 15 is 0 Å². The number of aromatic nitrogens is 1. The highest BCUT2D eigenvalue weighted by molar-refractivity contribution is 7.99. The van der Waals surface area contributed by atoms with Gasteiger partial charge in [0.05, 0.1) is 6.54 Å². The molecule has 0 radical (unpaired) electrons. The van der Waals surface area contributed by atoms with Crippen LogP contribution in [0.1, 0.15) is 5.56 Å². The highest BCUT2D eigenvalue weighted by atomic mass is 32.2. The molecule has 0 amide bonds. The Morgan fingerprint density at radius 1 is 1.08 bits per heavy atom. The Labute approximate surface area is 158 Å². The Kier molecular flexibility index (Phi) is 7.01. The normalized spacial score (nSPS) is 14.9. The minimum atomic E-state index is 0.444. The predicted octanol–water partition coefficient (Wildman–Crippen LogP) is 2.40. The van der Waals surface area contributed by atoms with Crippen molar-refractivity contribution < 1.29 is 9.47 Å². The zero-order valence-electron chi connectivity index (χ0n) is 14.7. The number of benzene rings is 1. The Morgan fingerprint density at radius 3 is 2.58 bits per heavy atom. The van der Waals surface area contributed by atoms with Gasteiger partial charge in [0.15, 0.2) is 5.96 Å². The van der Waals surface area contributed by atoms with Gasteiger partial charge in [0.1, 0.15) is 19.0 Å². The predicted molar refractivity (Wildman–Crippen MR) is 106 cm³/mol. The molecule has 1 aliphatic heterocycles. The van der Waals surface area contributed by atoms with E-state index in [-0.39, 0.29) is 0 Å². The first-order chi connectivity index (χ1) is 12.8. The molecule has 1 aromatic heterocycles. The molecule has 0 unspecified atom stereocenters. The van der Waals surface area contributed by atoms with Crippen LogP contribution in [0.15, 0.2) is 53.7 Å². The third kappa shape index (κ3) is 5.84. The van der Waals surface area contributed by atoms with E-state index in [9.17, 15) is 0 Å². The van der Waals surface area contributed by atoms with E-state index in [4.69, 9.17) is 15.2 Å². The molecular formula is C19H24N4O2S. The second kappa shape index (κ2) is 9.91. The Balaban J connectivity index is 1.40. The molecule has 0 aliphatic carbocycles. The lowest BCUT2D eigenvalue weighted by Crippen LogP contribution is -2.42. The first-order valence-corrected chi connectivity index (χ1v) is 9.85. The molecule has 0 saturated carbocycles. The van der Waals surface area contributed by atoms with E-state index in [0.29, 0.717) is 31.6 Å². The van der Waals surface area contributed by atoms with Crippen LogP contribution in [0.25, 0.3) is 0 Å². The van der Waals surface area contributed by atoms with Crippen molar-refractivity contribution in [3.05, 3.63) is 54.2 Å². The number of nitrogens with two attached hydrogens (primary N) is 1. The van der Waals surface area contributed by atoms with Crippen LogP contribution >= 0.6 is 11.8 Å². The van der Waals surface area contributed by atoms with E-state index in [2.05, 4.69) is 14.9 Å². The number of nitrogens with zero attached hydrogens (tertiary/aromatic N) is 3. The zero-order valence-corrected chi connectivity index (χ0v) is 15.5. The van der Waals surface area contributed by atoms with Crippen LogP contribution in [0.3, 0.4) is 0 Å². The number of hydrogen-bond donors (Lipinski definition) is 1. The van der Waals surface area contributed by atoms with Gasteiger partial charge >= 0.3 is 0 Å². The standard InChI is InChI=1S/C19H24N4O2S/c20-19(23-8-12-26-13-9-23)22-15-16-6-7-18(21-14-16)25-11-10-24-17-4-2-1-3-5-17/h1-7,14H,8-13,15H2,(H2,20,22). The van der Waals surface area contributed by atoms with Gasteiger partial charge in [-0.2, -0.15) is 11.8 Å². The Bertz CT molecular complexity index is 688. The maximum Gasteiger partial charge on any atom is 0.213 e. The first kappa shape index (κ1) is 18.4. The van der Waals surface area contributed by atoms with E-state index in [1.807, 2.05) is 54.2 Å². The van der Waals surface area contributed by atoms with Crippen molar-refractivity contribution in [2.24, 2.45) is 10.7 Å². The summed E-state index contributed by atoms with van der Waals surface area (Å²) < 4.78 is 11.2. The molecule has 26 heavy (non-hydrogen) atoms. The van der Waals surface area contributed by atoms with Crippen LogP contribution in [0.4, 0.5) is 0 Å². The van der Waals surface area contributed by atoms with Crippen molar-refractivity contribution in [1.82, 2.24) is 9.88 Å². The number of hydrogen-bond acceptors (Lipinski definition) is 5. The molecule has 3 rings (SSSR count). The number of ether oxygens (including phenoxy) is 2. The molecule has 138 valence electrons. The third-order valence-electron chi connectivity index (χ3n) is 3.90. The van der Waals surface area contributed by atoms with Gasteiger partial charge in [0.2, 0.25) is 5.88 Å². The second-order valence-corrected chi connectivity index (χ2v) is 7.01. The molecule has 0 atom stereocenters. The second-order valence-electron chi connectivity index (χ2n) is 5.79. The summed E-state index contributed by atoms with van der Waals surface area (Å²) >= 11 is 1.95. The van der Waals surface area contributed by atoms with Crippen molar-refractivity contribution in [3.8, 4) is 11.6 Å². The van der Waals surface area contributed by atoms with E-state index in [1.165, 1.54) is 0 Å². The largest absolute Gasteiger partial charge is 0.490 e. The molecule has 2 heterocycles. The van der Waals surface area contributed by atoms with Gasteiger partial charge < -0.3 is 20.1 Å². The Morgan fingerprint density at radius 2 is 1.85 bits per heavy atom. The van der Waals surface area contributed by atoms with Crippen molar-refractivity contribution in [1.29, 1.82) is 0 Å². The number of thioether (sulfide) groups is 1. The maximum absolute atomic E-state index is 6.06. The highest BCUT2D eigenvalue weighted by Crippen LogP contribution is 2.11. The van der Waals surface area contributed by atoms with Crippen molar-refractivity contribution >= 4 is 17.7 Å². The SMILES string of the molecule is NC(=NCc1ccc(OCCOc2ccccc2)nc1)N1CCSCC1. The lowest BCUT2D eigenvalue weighted by atomic mass is 10.3. The maximum atomic E-state index is 6.06. The summed E-state index contributed by atoms with van der Waals surface area (Å²) in [6, 6.07) is 13.5. The minimum Gasteiger partial charge on any atom is -0.490 e. The summed E-state index contributed by atoms with van der Waals surface area (Å²) in [4.78, 5) is 10.9. The van der Waals surface area contributed by atoms with Crippen LogP contribution in [-0.2, 0) is 6.54 Å². The molecular weight excluding hydrogens is 348 g/mol. The molecule has 1 fully saturated rings. The first-order valence-electron chi connectivity index (χ1n) is 8.69. The van der Waals surface area contributed by atoms with Crippen LogP contribution in [0.2, 0.25) is 0 Å². The molecule has 1 aliphatic rings. The van der Waals surface area contributed by atoms with Gasteiger partial charge in [-0.15, -0.1) is 0 Å². The molecule has 0 bridgehead atoms. The smallest absolute Gasteiger partial charge is 0.213 e. The molecule has 2 aromatic rings. The average molecular weight is 372 g/mol. The molecule has 1 saturated heterocycles. The molecule has 1 aromatic carbocycles. The molecule has 2 N–H and O–H groups in total. The fraction of sp³-hybridized carbons (Fsp3) is 0.368. The quantitative estimate of drug-likeness (QED) is 0.457. The van der Waals surface area contributed by atoms with Crippen molar-refractivity contribution in [2.75, 3.05) is 37.8 Å². The topological polar surface area (TPSA) is 73.0 Å². The molecule has 0 spiro atoms. The summed E-state index contributed by atoms with van der Waals surface area (Å²) in [7, 11) is 0. The monoisotopic (exact) mass is 372 g/mol. The van der Waals surface area contributed by atoms with Gasteiger partial charge in [-0.05, 0) is 17.7 Å². The van der Waals surface area contributed by atoms with Gasteiger partial charge in [0.25, 0.3) is 0 Å². The van der Waals surface area contributed by atoms with E-state index < -0.39 is 0 Å². The molecule has 7 heteroatoms. The fourth-order valence-corrected chi connectivity index (χ4v) is 3.38. The fourth-order valence-electron chi connectivity index (χ4n) is 2.48. The van der Waals surface area contributed by atoms with E-state index in [0.717, 1.165) is 35.9 Å². The molecule has 6 nitrogen and oxygen atoms in total. The van der Waals surface area contributed by atoms with Crippen LogP contribution in [0.5, 0.6) is 11.6 Å². The number of aliphatic imine (C=N–C) groups is 1. The summed E-state index contributed by atoms with van der Waals surface area (Å²) in [5.74, 6) is 4.25. The number of para-hydroxylation sites is 1. The van der Waals surface area contributed by atoms with Gasteiger partial charge in [-0.25, -0.2) is 9.98 Å². The Hall–Kier alpha value is -2.41. The zero-order chi connectivity index (χ0) is 18.0. The van der Waals surface area contributed by atoms with Gasteiger partial charge in [-0.3, -0.25) is 0 Å². The summed E-state index contributed by atoms with van der Waals surface area (Å²) in [5.41, 5.74) is 7.07. The van der Waals surface area contributed by atoms with Crippen LogP contribution in [0, 0.1) is 0 Å². The summed E-state index contributed by atoms with van der Waals surface area (Å²) in [5, 5.41) is 0.